The van der Waals surface area contributed by atoms with E-state index in [2.05, 4.69) is 39.4 Å². The predicted octanol–water partition coefficient (Wildman–Crippen LogP) is 5.34. The fraction of sp³-hybridized carbons (Fsp3) is 0.105. The van der Waals surface area contributed by atoms with Crippen molar-refractivity contribution in [1.29, 1.82) is 0 Å². The number of hydrogen-bond acceptors (Lipinski definition) is 2. The number of nitrogens with one attached hydrogen (secondary N) is 1. The maximum absolute atomic E-state index is 12.7. The molecule has 108 valence electrons. The van der Waals surface area contributed by atoms with E-state index in [-0.39, 0.29) is 11.8 Å². The Morgan fingerprint density at radius 3 is 2.55 bits per heavy atom. The zero-order valence-electron chi connectivity index (χ0n) is 11.8. The maximum atomic E-state index is 12.7. The molecule has 1 heterocycles. The van der Waals surface area contributed by atoms with Crippen molar-refractivity contribution in [2.24, 2.45) is 0 Å². The van der Waals surface area contributed by atoms with Crippen LogP contribution in [-0.4, -0.2) is 5.78 Å². The summed E-state index contributed by atoms with van der Waals surface area (Å²) in [6.45, 7) is 0. The van der Waals surface area contributed by atoms with Crippen molar-refractivity contribution in [3.63, 3.8) is 0 Å². The third-order valence-electron chi connectivity index (χ3n) is 4.20. The minimum absolute atomic E-state index is 0.0364. The molecule has 1 aliphatic rings. The summed E-state index contributed by atoms with van der Waals surface area (Å²) in [4.78, 5) is 12.7. The maximum Gasteiger partial charge on any atom is 0.167 e. The normalized spacial score (nSPS) is 17.1. The molecule has 0 saturated carbocycles. The van der Waals surface area contributed by atoms with Crippen molar-refractivity contribution < 1.29 is 4.79 Å². The van der Waals surface area contributed by atoms with Gasteiger partial charge in [-0.25, -0.2) is 0 Å². The monoisotopic (exact) mass is 351 g/mol. The van der Waals surface area contributed by atoms with E-state index >= 15 is 0 Å². The number of ketones is 1. The highest BCUT2D eigenvalue weighted by Crippen LogP contribution is 2.36. The van der Waals surface area contributed by atoms with Crippen molar-refractivity contribution in [3.05, 3.63) is 76.3 Å². The lowest BCUT2D eigenvalue weighted by molar-refractivity contribution is 0.0974. The topological polar surface area (TPSA) is 29.1 Å². The molecule has 0 fully saturated rings. The van der Waals surface area contributed by atoms with E-state index in [0.29, 0.717) is 6.42 Å². The van der Waals surface area contributed by atoms with Gasteiger partial charge in [0.2, 0.25) is 0 Å². The molecule has 3 heteroatoms. The van der Waals surface area contributed by atoms with Crippen molar-refractivity contribution >= 4 is 38.2 Å². The van der Waals surface area contributed by atoms with E-state index in [0.717, 1.165) is 32.1 Å². The molecule has 3 aromatic carbocycles. The van der Waals surface area contributed by atoms with E-state index < -0.39 is 0 Å². The van der Waals surface area contributed by atoms with Crippen molar-refractivity contribution in [3.8, 4) is 0 Å². The first kappa shape index (κ1) is 13.5. The first-order valence-corrected chi connectivity index (χ1v) is 8.08. The molecule has 0 aliphatic carbocycles. The number of rotatable bonds is 1. The Kier molecular flexibility index (Phi) is 3.23. The Labute approximate surface area is 137 Å². The van der Waals surface area contributed by atoms with Crippen LogP contribution < -0.4 is 5.32 Å². The van der Waals surface area contributed by atoms with E-state index in [1.165, 1.54) is 0 Å². The Morgan fingerprint density at radius 1 is 0.955 bits per heavy atom. The standard InChI is InChI=1S/C19H14BrNO/c20-14-8-5-13(6-9-14)17-11-18(22)19-15-4-2-1-3-12(15)7-10-16(19)21-17/h1-10,17,21H,11H2. The quantitative estimate of drug-likeness (QED) is 0.640. The van der Waals surface area contributed by atoms with Gasteiger partial charge in [-0.3, -0.25) is 4.79 Å². The van der Waals surface area contributed by atoms with E-state index in [1.807, 2.05) is 42.5 Å². The number of benzene rings is 3. The minimum Gasteiger partial charge on any atom is -0.377 e. The highest BCUT2D eigenvalue weighted by molar-refractivity contribution is 9.10. The van der Waals surface area contributed by atoms with Crippen LogP contribution in [0.3, 0.4) is 0 Å². The molecule has 3 aromatic rings. The van der Waals surface area contributed by atoms with E-state index in [1.54, 1.807) is 0 Å². The van der Waals surface area contributed by atoms with Crippen LogP contribution >= 0.6 is 15.9 Å². The molecule has 4 rings (SSSR count). The Bertz CT molecular complexity index is 870. The van der Waals surface area contributed by atoms with Crippen LogP contribution in [0.25, 0.3) is 10.8 Å². The fourth-order valence-corrected chi connectivity index (χ4v) is 3.38. The second kappa shape index (κ2) is 5.25. The smallest absolute Gasteiger partial charge is 0.167 e. The largest absolute Gasteiger partial charge is 0.377 e. The molecule has 0 bridgehead atoms. The Balaban J connectivity index is 1.79. The van der Waals surface area contributed by atoms with Gasteiger partial charge in [-0.05, 0) is 34.5 Å². The lowest BCUT2D eigenvalue weighted by Crippen LogP contribution is -2.23. The van der Waals surface area contributed by atoms with Crippen molar-refractivity contribution in [2.75, 3.05) is 5.32 Å². The van der Waals surface area contributed by atoms with Crippen molar-refractivity contribution in [1.82, 2.24) is 0 Å². The number of Topliss-reactive ketones (excluding diaryl/α,β-unsaturated/α-hetero) is 1. The fourth-order valence-electron chi connectivity index (χ4n) is 3.11. The molecular formula is C19H14BrNO. The molecule has 0 amide bonds. The number of halogens is 1. The zero-order chi connectivity index (χ0) is 15.1. The molecule has 1 atom stereocenters. The third-order valence-corrected chi connectivity index (χ3v) is 4.73. The van der Waals surface area contributed by atoms with Gasteiger partial charge in [0.05, 0.1) is 6.04 Å². The lowest BCUT2D eigenvalue weighted by Gasteiger charge is -2.27. The summed E-state index contributed by atoms with van der Waals surface area (Å²) in [5.41, 5.74) is 2.89. The number of fused-ring (bicyclic) bond motifs is 3. The SMILES string of the molecule is O=C1CC(c2ccc(Br)cc2)Nc2ccc3ccccc3c21. The zero-order valence-corrected chi connectivity index (χ0v) is 13.4. The first-order valence-electron chi connectivity index (χ1n) is 7.29. The lowest BCUT2D eigenvalue weighted by atomic mass is 9.89. The van der Waals surface area contributed by atoms with Gasteiger partial charge >= 0.3 is 0 Å². The summed E-state index contributed by atoms with van der Waals surface area (Å²) in [6, 6.07) is 20.3. The number of carbonyl (C=O) groups is 1. The van der Waals surface area contributed by atoms with E-state index in [4.69, 9.17) is 0 Å². The van der Waals surface area contributed by atoms with Gasteiger partial charge in [-0.1, -0.05) is 58.4 Å². The molecule has 0 saturated heterocycles. The summed E-state index contributed by atoms with van der Waals surface area (Å²) < 4.78 is 1.05. The van der Waals surface area contributed by atoms with Gasteiger partial charge in [0.15, 0.2) is 5.78 Å². The van der Waals surface area contributed by atoms with Gasteiger partial charge in [-0.15, -0.1) is 0 Å². The van der Waals surface area contributed by atoms with Crippen LogP contribution in [0.4, 0.5) is 5.69 Å². The van der Waals surface area contributed by atoms with Gasteiger partial charge in [0, 0.05) is 22.1 Å². The predicted molar refractivity (Wildman–Crippen MR) is 93.4 cm³/mol. The summed E-state index contributed by atoms with van der Waals surface area (Å²) in [5.74, 6) is 0.207. The molecule has 22 heavy (non-hydrogen) atoms. The number of carbonyl (C=O) groups excluding carboxylic acids is 1. The van der Waals surface area contributed by atoms with Crippen LogP contribution in [0.15, 0.2) is 65.1 Å². The first-order chi connectivity index (χ1) is 10.7. The Morgan fingerprint density at radius 2 is 1.73 bits per heavy atom. The van der Waals surface area contributed by atoms with Crippen molar-refractivity contribution in [2.45, 2.75) is 12.5 Å². The van der Waals surface area contributed by atoms with Crippen LogP contribution in [0.1, 0.15) is 28.4 Å². The summed E-state index contributed by atoms with van der Waals surface area (Å²) >= 11 is 3.45. The highest BCUT2D eigenvalue weighted by Gasteiger charge is 2.27. The molecule has 1 aliphatic heterocycles. The average Bonchev–Trinajstić information content (AvgIpc) is 2.55. The van der Waals surface area contributed by atoms with Gasteiger partial charge in [0.1, 0.15) is 0 Å². The second-order valence-electron chi connectivity index (χ2n) is 5.59. The highest BCUT2D eigenvalue weighted by atomic mass is 79.9. The van der Waals surface area contributed by atoms with Crippen LogP contribution in [0.5, 0.6) is 0 Å². The minimum atomic E-state index is 0.0364. The van der Waals surface area contributed by atoms with E-state index in [9.17, 15) is 4.79 Å². The average molecular weight is 352 g/mol. The van der Waals surface area contributed by atoms with Crippen LogP contribution in [0, 0.1) is 0 Å². The van der Waals surface area contributed by atoms with Crippen LogP contribution in [0.2, 0.25) is 0 Å². The Hall–Kier alpha value is -2.13. The second-order valence-corrected chi connectivity index (χ2v) is 6.50. The number of anilines is 1. The molecular weight excluding hydrogens is 338 g/mol. The molecule has 1 unspecified atom stereocenters. The summed E-state index contributed by atoms with van der Waals surface area (Å²) in [5, 5.41) is 5.66. The van der Waals surface area contributed by atoms with Gasteiger partial charge in [-0.2, -0.15) is 0 Å². The molecule has 0 radical (unpaired) electrons. The summed E-state index contributed by atoms with van der Waals surface area (Å²) in [6.07, 6.45) is 0.489. The van der Waals surface area contributed by atoms with Gasteiger partial charge < -0.3 is 5.32 Å². The molecule has 2 nitrogen and oxygen atoms in total. The molecule has 1 N–H and O–H groups in total. The number of hydrogen-bond donors (Lipinski definition) is 1. The summed E-state index contributed by atoms with van der Waals surface area (Å²) in [7, 11) is 0. The molecule has 0 spiro atoms. The van der Waals surface area contributed by atoms with Crippen LogP contribution in [-0.2, 0) is 0 Å². The third kappa shape index (κ3) is 2.22. The van der Waals surface area contributed by atoms with Gasteiger partial charge in [0.25, 0.3) is 0 Å². The molecule has 0 aromatic heterocycles.